The molecule has 0 saturated carbocycles. The van der Waals surface area contributed by atoms with E-state index in [1.54, 1.807) is 43.0 Å². The molecule has 1 aromatic heterocycles. The molecule has 0 radical (unpaired) electrons. The molecule has 1 fully saturated rings. The minimum atomic E-state index is -3.81. The lowest BCUT2D eigenvalue weighted by atomic mass is 10.0. The summed E-state index contributed by atoms with van der Waals surface area (Å²) in [7, 11) is -3.81. The van der Waals surface area contributed by atoms with E-state index in [4.69, 9.17) is 4.74 Å². The number of rotatable bonds is 6. The Bertz CT molecular complexity index is 1110. The third-order valence-corrected chi connectivity index (χ3v) is 6.94. The van der Waals surface area contributed by atoms with Crippen LogP contribution in [-0.2, 0) is 14.8 Å². The highest BCUT2D eigenvalue weighted by atomic mass is 32.2. The molecule has 0 spiro atoms. The highest BCUT2D eigenvalue weighted by Gasteiger charge is 2.26. The van der Waals surface area contributed by atoms with Gasteiger partial charge in [0.15, 0.2) is 0 Å². The quantitative estimate of drug-likeness (QED) is 0.646. The van der Waals surface area contributed by atoms with Crippen LogP contribution in [0.3, 0.4) is 0 Å². The summed E-state index contributed by atoms with van der Waals surface area (Å²) in [5.74, 6) is 0.434. The van der Waals surface area contributed by atoms with E-state index in [9.17, 15) is 17.6 Å². The molecule has 1 N–H and O–H groups in total. The van der Waals surface area contributed by atoms with Gasteiger partial charge in [0.05, 0.1) is 23.0 Å². The molecule has 10 heteroatoms. The molecule has 1 aromatic carbocycles. The number of halogens is 1. The number of nitrogens with one attached hydrogen (secondary N) is 1. The van der Waals surface area contributed by atoms with Crippen LogP contribution in [0.1, 0.15) is 44.9 Å². The van der Waals surface area contributed by atoms with Gasteiger partial charge in [0.2, 0.25) is 0 Å². The van der Waals surface area contributed by atoms with E-state index in [-0.39, 0.29) is 16.9 Å². The predicted octanol–water partition coefficient (Wildman–Crippen LogP) is 4.32. The highest BCUT2D eigenvalue weighted by Crippen LogP contribution is 2.24. The lowest BCUT2D eigenvalue weighted by molar-refractivity contribution is 0.0240. The summed E-state index contributed by atoms with van der Waals surface area (Å²) in [4.78, 5) is 20.7. The summed E-state index contributed by atoms with van der Waals surface area (Å²) < 4.78 is 46.5. The molecule has 1 aliphatic rings. The summed E-state index contributed by atoms with van der Waals surface area (Å²) in [5.41, 5.74) is 1.14. The maximum absolute atomic E-state index is 12.9. The lowest BCUT2D eigenvalue weighted by Gasteiger charge is -2.36. The number of hydrogen-bond donors (Lipinski definition) is 1. The number of aromatic nitrogens is 1. The molecule has 1 unspecified atom stereocenters. The Morgan fingerprint density at radius 1 is 1.12 bits per heavy atom. The van der Waals surface area contributed by atoms with Crippen molar-refractivity contribution >= 4 is 27.6 Å². The molecule has 1 atom stereocenters. The maximum Gasteiger partial charge on any atom is 0.410 e. The number of anilines is 2. The fraction of sp³-hybridized carbons (Fsp3) is 0.500. The zero-order valence-corrected chi connectivity index (χ0v) is 21.2. The third-order valence-electron chi connectivity index (χ3n) is 5.56. The second-order valence-electron chi connectivity index (χ2n) is 9.49. The zero-order chi connectivity index (χ0) is 25.1. The summed E-state index contributed by atoms with van der Waals surface area (Å²) in [6, 6.07) is 9.67. The Kier molecular flexibility index (Phi) is 7.70. The van der Waals surface area contributed by atoms with E-state index >= 15 is 0 Å². The number of nitrogens with zero attached hydrogens (tertiary/aromatic N) is 3. The first-order chi connectivity index (χ1) is 15.9. The molecule has 1 amide bonds. The van der Waals surface area contributed by atoms with Crippen molar-refractivity contribution in [3.8, 4) is 0 Å². The average molecular weight is 493 g/mol. The van der Waals surface area contributed by atoms with Crippen molar-refractivity contribution in [2.75, 3.05) is 42.5 Å². The van der Waals surface area contributed by atoms with Crippen molar-refractivity contribution < 1.29 is 22.3 Å². The Morgan fingerprint density at radius 2 is 1.74 bits per heavy atom. The molecule has 2 aromatic rings. The Balaban J connectivity index is 1.65. The molecule has 0 bridgehead atoms. The molecule has 2 heterocycles. The van der Waals surface area contributed by atoms with Crippen LogP contribution in [0.2, 0.25) is 0 Å². The third kappa shape index (κ3) is 6.37. The number of amides is 1. The largest absolute Gasteiger partial charge is 0.444 e. The van der Waals surface area contributed by atoms with Crippen LogP contribution in [0.15, 0.2) is 41.3 Å². The van der Waals surface area contributed by atoms with Gasteiger partial charge in [-0.2, -0.15) is 0 Å². The zero-order valence-electron chi connectivity index (χ0n) is 20.3. The number of carbonyl (C=O) groups is 1. The molecule has 3 rings (SSSR count). The van der Waals surface area contributed by atoms with Crippen LogP contribution in [0, 0.1) is 6.92 Å². The molecule has 34 heavy (non-hydrogen) atoms. The fourth-order valence-corrected chi connectivity index (χ4v) is 4.66. The summed E-state index contributed by atoms with van der Waals surface area (Å²) in [6.07, 6.45) is -0.326. The van der Waals surface area contributed by atoms with Gasteiger partial charge in [-0.05, 0) is 57.5 Å². The Morgan fingerprint density at radius 3 is 2.26 bits per heavy atom. The number of hydrogen-bond acceptors (Lipinski definition) is 6. The van der Waals surface area contributed by atoms with Gasteiger partial charge in [-0.15, -0.1) is 0 Å². The number of carbonyl (C=O) groups excluding carboxylic acids is 1. The number of piperazine rings is 1. The standard InChI is InChI=1S/C24H33FN4O4S/c1-17(16-25)19-6-8-20(9-7-19)34(31,32)27-21-10-11-22(26-18(21)2)28-12-14-29(15-13-28)23(30)33-24(3,4)5/h6-11,17,27H,12-16H2,1-5H3. The normalized spacial score (nSPS) is 15.7. The van der Waals surface area contributed by atoms with Gasteiger partial charge in [0, 0.05) is 32.1 Å². The molecule has 186 valence electrons. The van der Waals surface area contributed by atoms with E-state index in [2.05, 4.69) is 14.6 Å². The van der Waals surface area contributed by atoms with Crippen LogP contribution in [0.4, 0.5) is 20.7 Å². The van der Waals surface area contributed by atoms with Crippen molar-refractivity contribution in [1.82, 2.24) is 9.88 Å². The van der Waals surface area contributed by atoms with Gasteiger partial charge in [-0.25, -0.2) is 18.2 Å². The first kappa shape index (κ1) is 25.7. The summed E-state index contributed by atoms with van der Waals surface area (Å²) >= 11 is 0. The molecule has 1 saturated heterocycles. The van der Waals surface area contributed by atoms with Crippen molar-refractivity contribution in [2.24, 2.45) is 0 Å². The predicted molar refractivity (Wildman–Crippen MR) is 131 cm³/mol. The molecular weight excluding hydrogens is 459 g/mol. The van der Waals surface area contributed by atoms with Gasteiger partial charge < -0.3 is 14.5 Å². The Hall–Kier alpha value is -2.88. The van der Waals surface area contributed by atoms with E-state index in [0.29, 0.717) is 43.4 Å². The second-order valence-corrected chi connectivity index (χ2v) is 11.2. The van der Waals surface area contributed by atoms with Crippen molar-refractivity contribution in [3.05, 3.63) is 47.7 Å². The molecule has 8 nitrogen and oxygen atoms in total. The molecular formula is C24H33FN4O4S. The van der Waals surface area contributed by atoms with E-state index < -0.39 is 22.3 Å². The second kappa shape index (κ2) is 10.2. The minimum Gasteiger partial charge on any atom is -0.444 e. The number of benzene rings is 1. The van der Waals surface area contributed by atoms with E-state index in [1.807, 2.05) is 20.8 Å². The van der Waals surface area contributed by atoms with Crippen molar-refractivity contribution in [3.63, 3.8) is 0 Å². The topological polar surface area (TPSA) is 91.8 Å². The highest BCUT2D eigenvalue weighted by molar-refractivity contribution is 7.92. The number of alkyl halides is 1. The van der Waals surface area contributed by atoms with Gasteiger partial charge in [0.25, 0.3) is 10.0 Å². The van der Waals surface area contributed by atoms with E-state index in [0.717, 1.165) is 5.56 Å². The number of aryl methyl sites for hydroxylation is 1. The van der Waals surface area contributed by atoms with Crippen LogP contribution in [0.25, 0.3) is 0 Å². The number of ether oxygens (including phenoxy) is 1. The van der Waals surface area contributed by atoms with Crippen LogP contribution < -0.4 is 9.62 Å². The number of sulfonamides is 1. The van der Waals surface area contributed by atoms with Crippen molar-refractivity contribution in [2.45, 2.75) is 51.0 Å². The number of pyridine rings is 1. The van der Waals surface area contributed by atoms with Gasteiger partial charge in [-0.1, -0.05) is 19.1 Å². The van der Waals surface area contributed by atoms with Gasteiger partial charge in [-0.3, -0.25) is 9.11 Å². The monoisotopic (exact) mass is 492 g/mol. The smallest absolute Gasteiger partial charge is 0.410 e. The van der Waals surface area contributed by atoms with Crippen LogP contribution >= 0.6 is 0 Å². The van der Waals surface area contributed by atoms with Gasteiger partial charge >= 0.3 is 6.09 Å². The molecule has 1 aliphatic heterocycles. The van der Waals surface area contributed by atoms with Crippen LogP contribution in [0.5, 0.6) is 0 Å². The average Bonchev–Trinajstić information content (AvgIpc) is 2.79. The Labute approximate surface area is 201 Å². The SMILES string of the molecule is Cc1nc(N2CCN(C(=O)OC(C)(C)C)CC2)ccc1NS(=O)(=O)c1ccc(C(C)CF)cc1. The maximum atomic E-state index is 12.9. The first-order valence-electron chi connectivity index (χ1n) is 11.3. The lowest BCUT2D eigenvalue weighted by Crippen LogP contribution is -2.50. The van der Waals surface area contributed by atoms with E-state index in [1.165, 1.54) is 12.1 Å². The molecule has 0 aliphatic carbocycles. The minimum absolute atomic E-state index is 0.101. The summed E-state index contributed by atoms with van der Waals surface area (Å²) in [6.45, 7) is 10.7. The summed E-state index contributed by atoms with van der Waals surface area (Å²) in [5, 5.41) is 0. The van der Waals surface area contributed by atoms with Crippen molar-refractivity contribution in [1.29, 1.82) is 0 Å². The van der Waals surface area contributed by atoms with Gasteiger partial charge in [0.1, 0.15) is 11.4 Å². The van der Waals surface area contributed by atoms with Crippen LogP contribution in [-0.4, -0.2) is 62.8 Å². The first-order valence-corrected chi connectivity index (χ1v) is 12.8. The fourth-order valence-electron chi connectivity index (χ4n) is 3.54.